The van der Waals surface area contributed by atoms with Gasteiger partial charge in [0.15, 0.2) is 5.58 Å². The summed E-state index contributed by atoms with van der Waals surface area (Å²) in [6, 6.07) is 3.66. The molecule has 0 spiro atoms. The summed E-state index contributed by atoms with van der Waals surface area (Å²) in [5.41, 5.74) is 1.69. The van der Waals surface area contributed by atoms with Crippen molar-refractivity contribution in [2.75, 3.05) is 13.2 Å². The number of hydrogen-bond donors (Lipinski definition) is 0. The van der Waals surface area contributed by atoms with Crippen LogP contribution >= 0.6 is 0 Å². The summed E-state index contributed by atoms with van der Waals surface area (Å²) in [6.45, 7) is 5.04. The molecule has 0 aromatic carbocycles. The van der Waals surface area contributed by atoms with Crippen molar-refractivity contribution >= 4 is 23.0 Å². The van der Waals surface area contributed by atoms with Gasteiger partial charge in [-0.1, -0.05) is 0 Å². The second-order valence-corrected chi connectivity index (χ2v) is 5.94. The molecule has 0 unspecified atom stereocenters. The van der Waals surface area contributed by atoms with E-state index in [-0.39, 0.29) is 18.5 Å². The van der Waals surface area contributed by atoms with Gasteiger partial charge >= 0.3 is 5.97 Å². The SMILES string of the molecule is CCOC(=O)c1cc2occc2n1CC(=O)N1CCCC[C@H]1C. The van der Waals surface area contributed by atoms with Crippen LogP contribution in [0.2, 0.25) is 0 Å². The lowest BCUT2D eigenvalue weighted by Gasteiger charge is -2.33. The van der Waals surface area contributed by atoms with Crippen LogP contribution in [-0.2, 0) is 16.1 Å². The molecular weight excluding hydrogens is 296 g/mol. The maximum Gasteiger partial charge on any atom is 0.355 e. The number of amides is 1. The first-order chi connectivity index (χ1) is 11.1. The van der Waals surface area contributed by atoms with Gasteiger partial charge < -0.3 is 18.6 Å². The number of rotatable bonds is 4. The van der Waals surface area contributed by atoms with Crippen molar-refractivity contribution in [3.8, 4) is 0 Å². The van der Waals surface area contributed by atoms with Gasteiger partial charge in [-0.3, -0.25) is 4.79 Å². The Bertz CT molecular complexity index is 715. The second kappa shape index (κ2) is 6.48. The average Bonchev–Trinajstić information content (AvgIpc) is 3.10. The molecule has 0 radical (unpaired) electrons. The molecular formula is C17H22N2O4. The Hall–Kier alpha value is -2.24. The van der Waals surface area contributed by atoms with Crippen molar-refractivity contribution < 1.29 is 18.7 Å². The standard InChI is InChI=1S/C17H22N2O4/c1-3-22-17(21)14-10-15-13(7-9-23-15)19(14)11-16(20)18-8-5-4-6-12(18)2/h7,9-10,12H,3-6,8,11H2,1-2H3/t12-/m1/s1. The van der Waals surface area contributed by atoms with Gasteiger partial charge in [0.05, 0.1) is 18.4 Å². The average molecular weight is 318 g/mol. The Morgan fingerprint density at radius 1 is 1.39 bits per heavy atom. The number of ether oxygens (including phenoxy) is 1. The summed E-state index contributed by atoms with van der Waals surface area (Å²) >= 11 is 0. The molecule has 1 atom stereocenters. The van der Waals surface area contributed by atoms with Gasteiger partial charge in [0.25, 0.3) is 0 Å². The fraction of sp³-hybridized carbons (Fsp3) is 0.529. The van der Waals surface area contributed by atoms with E-state index in [4.69, 9.17) is 9.15 Å². The van der Waals surface area contributed by atoms with Gasteiger partial charge in [0, 0.05) is 24.7 Å². The quantitative estimate of drug-likeness (QED) is 0.813. The summed E-state index contributed by atoms with van der Waals surface area (Å²) in [7, 11) is 0. The van der Waals surface area contributed by atoms with Crippen LogP contribution in [0.3, 0.4) is 0 Å². The molecule has 1 fully saturated rings. The van der Waals surface area contributed by atoms with Crippen LogP contribution in [0.4, 0.5) is 0 Å². The molecule has 1 aliphatic rings. The largest absolute Gasteiger partial charge is 0.463 e. The molecule has 6 heteroatoms. The highest BCUT2D eigenvalue weighted by Gasteiger charge is 2.26. The minimum absolute atomic E-state index is 0.0291. The predicted octanol–water partition coefficient (Wildman–Crippen LogP) is 2.81. The van der Waals surface area contributed by atoms with Crippen LogP contribution in [-0.4, -0.2) is 40.5 Å². The van der Waals surface area contributed by atoms with Gasteiger partial charge in [-0.05, 0) is 33.1 Å². The van der Waals surface area contributed by atoms with Crippen LogP contribution in [0.15, 0.2) is 22.8 Å². The molecule has 1 aliphatic heterocycles. The number of likely N-dealkylation sites (tertiary alicyclic amines) is 1. The molecule has 0 N–H and O–H groups in total. The molecule has 124 valence electrons. The Labute approximate surface area is 135 Å². The summed E-state index contributed by atoms with van der Waals surface area (Å²) in [4.78, 5) is 26.7. The van der Waals surface area contributed by atoms with E-state index in [2.05, 4.69) is 6.92 Å². The zero-order chi connectivity index (χ0) is 16.4. The molecule has 2 aromatic rings. The first-order valence-corrected chi connectivity index (χ1v) is 8.15. The Kier molecular flexibility index (Phi) is 4.41. The number of hydrogen-bond acceptors (Lipinski definition) is 4. The van der Waals surface area contributed by atoms with E-state index in [1.165, 1.54) is 0 Å². The Morgan fingerprint density at radius 2 is 2.22 bits per heavy atom. The summed E-state index contributed by atoms with van der Waals surface area (Å²) in [5, 5.41) is 0. The van der Waals surface area contributed by atoms with Gasteiger partial charge in [0.2, 0.25) is 5.91 Å². The van der Waals surface area contributed by atoms with Crippen LogP contribution in [0, 0.1) is 0 Å². The summed E-state index contributed by atoms with van der Waals surface area (Å²) < 4.78 is 12.1. The Morgan fingerprint density at radius 3 is 2.96 bits per heavy atom. The molecule has 0 bridgehead atoms. The van der Waals surface area contributed by atoms with Crippen molar-refractivity contribution in [3.63, 3.8) is 0 Å². The topological polar surface area (TPSA) is 64.7 Å². The van der Waals surface area contributed by atoms with Gasteiger partial charge in [-0.25, -0.2) is 4.79 Å². The van der Waals surface area contributed by atoms with E-state index < -0.39 is 5.97 Å². The van der Waals surface area contributed by atoms with E-state index in [0.717, 1.165) is 31.3 Å². The number of aromatic nitrogens is 1. The van der Waals surface area contributed by atoms with Gasteiger partial charge in [-0.15, -0.1) is 0 Å². The predicted molar refractivity (Wildman–Crippen MR) is 85.2 cm³/mol. The first-order valence-electron chi connectivity index (χ1n) is 8.15. The van der Waals surface area contributed by atoms with Crippen molar-refractivity contribution in [3.05, 3.63) is 24.1 Å². The third-order valence-electron chi connectivity index (χ3n) is 4.42. The first kappa shape index (κ1) is 15.6. The highest BCUT2D eigenvalue weighted by molar-refractivity contribution is 5.95. The monoisotopic (exact) mass is 318 g/mol. The minimum Gasteiger partial charge on any atom is -0.463 e. The minimum atomic E-state index is -0.432. The zero-order valence-corrected chi connectivity index (χ0v) is 13.6. The molecule has 1 saturated heterocycles. The van der Waals surface area contributed by atoms with Crippen LogP contribution in [0.25, 0.3) is 11.1 Å². The lowest BCUT2D eigenvalue weighted by Crippen LogP contribution is -2.43. The number of furan rings is 1. The lowest BCUT2D eigenvalue weighted by molar-refractivity contribution is -0.135. The zero-order valence-electron chi connectivity index (χ0n) is 13.6. The third kappa shape index (κ3) is 2.98. The van der Waals surface area contributed by atoms with Gasteiger partial charge in [-0.2, -0.15) is 0 Å². The molecule has 0 aliphatic carbocycles. The summed E-state index contributed by atoms with van der Waals surface area (Å²) in [6.07, 6.45) is 4.79. The van der Waals surface area contributed by atoms with Crippen LogP contribution < -0.4 is 0 Å². The maximum absolute atomic E-state index is 12.7. The van der Waals surface area contributed by atoms with Crippen LogP contribution in [0.1, 0.15) is 43.6 Å². The molecule has 3 heterocycles. The fourth-order valence-corrected chi connectivity index (χ4v) is 3.22. The molecule has 3 rings (SSSR count). The number of carbonyl (C=O) groups excluding carboxylic acids is 2. The van der Waals surface area contributed by atoms with E-state index in [1.54, 1.807) is 29.9 Å². The van der Waals surface area contributed by atoms with Crippen LogP contribution in [0.5, 0.6) is 0 Å². The van der Waals surface area contributed by atoms with Crippen molar-refractivity contribution in [2.24, 2.45) is 0 Å². The van der Waals surface area contributed by atoms with E-state index in [1.807, 2.05) is 4.90 Å². The van der Waals surface area contributed by atoms with E-state index >= 15 is 0 Å². The number of esters is 1. The summed E-state index contributed by atoms with van der Waals surface area (Å²) in [5.74, 6) is -0.403. The smallest absolute Gasteiger partial charge is 0.355 e. The number of carbonyl (C=O) groups is 2. The highest BCUT2D eigenvalue weighted by atomic mass is 16.5. The van der Waals surface area contributed by atoms with E-state index in [9.17, 15) is 9.59 Å². The van der Waals surface area contributed by atoms with Crippen molar-refractivity contribution in [1.82, 2.24) is 9.47 Å². The highest BCUT2D eigenvalue weighted by Crippen LogP contribution is 2.23. The molecule has 6 nitrogen and oxygen atoms in total. The third-order valence-corrected chi connectivity index (χ3v) is 4.42. The fourth-order valence-electron chi connectivity index (χ4n) is 3.22. The maximum atomic E-state index is 12.7. The molecule has 0 saturated carbocycles. The number of piperidine rings is 1. The molecule has 23 heavy (non-hydrogen) atoms. The normalized spacial score (nSPS) is 18.3. The molecule has 1 amide bonds. The molecule has 2 aromatic heterocycles. The van der Waals surface area contributed by atoms with E-state index in [0.29, 0.717) is 17.9 Å². The lowest BCUT2D eigenvalue weighted by atomic mass is 10.0. The second-order valence-electron chi connectivity index (χ2n) is 5.94. The van der Waals surface area contributed by atoms with Crippen molar-refractivity contribution in [1.29, 1.82) is 0 Å². The number of nitrogens with zero attached hydrogens (tertiary/aromatic N) is 2. The van der Waals surface area contributed by atoms with Gasteiger partial charge in [0.1, 0.15) is 12.2 Å². The Balaban J connectivity index is 1.88. The van der Waals surface area contributed by atoms with Crippen molar-refractivity contribution in [2.45, 2.75) is 45.7 Å². The number of fused-ring (bicyclic) bond motifs is 1.